The summed E-state index contributed by atoms with van der Waals surface area (Å²) in [6.07, 6.45) is 6.02. The van der Waals surface area contributed by atoms with E-state index in [4.69, 9.17) is 5.73 Å². The molecule has 2 unspecified atom stereocenters. The summed E-state index contributed by atoms with van der Waals surface area (Å²) in [7, 11) is 0. The largest absolute Gasteiger partial charge is 0.356 e. The van der Waals surface area contributed by atoms with Crippen LogP contribution in [-0.4, -0.2) is 43.0 Å². The molecule has 2 atom stereocenters. The lowest BCUT2D eigenvalue weighted by Gasteiger charge is -2.32. The molecule has 0 saturated carbocycles. The molecule has 0 radical (unpaired) electrons. The number of rotatable bonds is 9. The minimum absolute atomic E-state index is 0. The molecule has 0 bridgehead atoms. The predicted molar refractivity (Wildman–Crippen MR) is 119 cm³/mol. The molecule has 1 fully saturated rings. The highest BCUT2D eigenvalue weighted by Gasteiger charge is 2.19. The number of piperidine rings is 1. The first kappa shape index (κ1) is 26.2. The van der Waals surface area contributed by atoms with Crippen LogP contribution in [0.15, 0.2) is 30.3 Å². The van der Waals surface area contributed by atoms with E-state index in [9.17, 15) is 4.79 Å². The molecule has 1 aromatic carbocycles. The Bertz CT molecular complexity index is 505. The monoisotopic (exact) mass is 417 g/mol. The number of unbranched alkanes of at least 4 members (excludes halogenated alkanes) is 1. The topological polar surface area (TPSA) is 58.4 Å². The standard InChI is InChI=1S/C21H35N3O.2ClH/c1-17(18(2)22)21(25)23-12-6-7-13-24-14-10-20(11-15-24)16-19-8-4-3-5-9-19;;/h3-5,8-9,17-18,20H,6-7,10-16,22H2,1-2H3,(H,23,25);2*1H. The number of carbonyl (C=O) groups is 1. The van der Waals surface area contributed by atoms with Gasteiger partial charge in [0.25, 0.3) is 0 Å². The third-order valence-electron chi connectivity index (χ3n) is 5.48. The Hall–Kier alpha value is -0.810. The maximum Gasteiger partial charge on any atom is 0.224 e. The normalized spacial score (nSPS) is 17.3. The lowest BCUT2D eigenvalue weighted by atomic mass is 9.90. The zero-order valence-corrected chi connectivity index (χ0v) is 18.4. The number of carbonyl (C=O) groups excluding carboxylic acids is 1. The van der Waals surface area contributed by atoms with Crippen molar-refractivity contribution in [1.82, 2.24) is 10.2 Å². The van der Waals surface area contributed by atoms with Gasteiger partial charge in [-0.25, -0.2) is 0 Å². The summed E-state index contributed by atoms with van der Waals surface area (Å²) in [6, 6.07) is 10.8. The van der Waals surface area contributed by atoms with Gasteiger partial charge >= 0.3 is 0 Å². The van der Waals surface area contributed by atoms with Crippen molar-refractivity contribution in [1.29, 1.82) is 0 Å². The molecule has 0 aromatic heterocycles. The summed E-state index contributed by atoms with van der Waals surface area (Å²) >= 11 is 0. The van der Waals surface area contributed by atoms with Crippen molar-refractivity contribution in [3.8, 4) is 0 Å². The Morgan fingerprint density at radius 1 is 1.15 bits per heavy atom. The Morgan fingerprint density at radius 3 is 2.37 bits per heavy atom. The number of nitrogens with two attached hydrogens (primary N) is 1. The van der Waals surface area contributed by atoms with Gasteiger partial charge < -0.3 is 16.0 Å². The number of hydrogen-bond acceptors (Lipinski definition) is 3. The van der Waals surface area contributed by atoms with Crippen molar-refractivity contribution in [2.45, 2.75) is 52.0 Å². The molecule has 3 N–H and O–H groups in total. The molecule has 1 aliphatic heterocycles. The average molecular weight is 418 g/mol. The van der Waals surface area contributed by atoms with E-state index in [1.54, 1.807) is 0 Å². The van der Waals surface area contributed by atoms with Crippen LogP contribution in [0.3, 0.4) is 0 Å². The maximum atomic E-state index is 11.8. The highest BCUT2D eigenvalue weighted by atomic mass is 35.5. The van der Waals surface area contributed by atoms with Gasteiger partial charge in [-0.1, -0.05) is 37.3 Å². The average Bonchev–Trinajstić information content (AvgIpc) is 2.62. The summed E-state index contributed by atoms with van der Waals surface area (Å²) in [5.41, 5.74) is 7.23. The van der Waals surface area contributed by atoms with E-state index in [0.717, 1.165) is 31.8 Å². The Morgan fingerprint density at radius 2 is 1.78 bits per heavy atom. The molecule has 1 aromatic rings. The van der Waals surface area contributed by atoms with Gasteiger partial charge in [-0.05, 0) is 70.1 Å². The number of amides is 1. The van der Waals surface area contributed by atoms with Gasteiger partial charge in [-0.15, -0.1) is 24.8 Å². The zero-order valence-electron chi connectivity index (χ0n) is 16.7. The van der Waals surface area contributed by atoms with Gasteiger partial charge in [-0.2, -0.15) is 0 Å². The van der Waals surface area contributed by atoms with Gasteiger partial charge in [0.15, 0.2) is 0 Å². The van der Waals surface area contributed by atoms with Crippen LogP contribution >= 0.6 is 24.8 Å². The highest BCUT2D eigenvalue weighted by molar-refractivity contribution is 5.85. The number of likely N-dealkylation sites (tertiary alicyclic amines) is 1. The van der Waals surface area contributed by atoms with Crippen LogP contribution in [0.4, 0.5) is 0 Å². The van der Waals surface area contributed by atoms with Gasteiger partial charge in [-0.3, -0.25) is 4.79 Å². The Kier molecular flexibility index (Phi) is 13.8. The molecule has 6 heteroatoms. The third kappa shape index (κ3) is 9.79. The van der Waals surface area contributed by atoms with Crippen molar-refractivity contribution in [2.24, 2.45) is 17.6 Å². The van der Waals surface area contributed by atoms with Gasteiger partial charge in [0, 0.05) is 18.5 Å². The molecule has 1 heterocycles. The van der Waals surface area contributed by atoms with Crippen LogP contribution < -0.4 is 11.1 Å². The van der Waals surface area contributed by atoms with Crippen molar-refractivity contribution in [3.05, 3.63) is 35.9 Å². The van der Waals surface area contributed by atoms with Crippen molar-refractivity contribution < 1.29 is 4.79 Å². The van der Waals surface area contributed by atoms with Crippen molar-refractivity contribution in [3.63, 3.8) is 0 Å². The summed E-state index contributed by atoms with van der Waals surface area (Å²) in [5, 5.41) is 3.00. The highest BCUT2D eigenvalue weighted by Crippen LogP contribution is 2.21. The van der Waals surface area contributed by atoms with Gasteiger partial charge in [0.05, 0.1) is 0 Å². The van der Waals surface area contributed by atoms with E-state index in [2.05, 4.69) is 40.5 Å². The third-order valence-corrected chi connectivity index (χ3v) is 5.48. The number of nitrogens with zero attached hydrogens (tertiary/aromatic N) is 1. The molecular formula is C21H37Cl2N3O. The van der Waals surface area contributed by atoms with Gasteiger partial charge in [0.2, 0.25) is 5.91 Å². The first-order valence-electron chi connectivity index (χ1n) is 9.86. The number of nitrogens with one attached hydrogen (secondary N) is 1. The summed E-state index contributed by atoms with van der Waals surface area (Å²) < 4.78 is 0. The van der Waals surface area contributed by atoms with E-state index in [1.165, 1.54) is 37.9 Å². The lowest BCUT2D eigenvalue weighted by Crippen LogP contribution is -2.39. The summed E-state index contributed by atoms with van der Waals surface area (Å²) in [5.74, 6) is 0.804. The van der Waals surface area contributed by atoms with Gasteiger partial charge in [0.1, 0.15) is 0 Å². The smallest absolute Gasteiger partial charge is 0.224 e. The molecule has 2 rings (SSSR count). The molecule has 1 aliphatic rings. The second-order valence-corrected chi connectivity index (χ2v) is 7.62. The maximum absolute atomic E-state index is 11.8. The second-order valence-electron chi connectivity index (χ2n) is 7.62. The summed E-state index contributed by atoms with van der Waals surface area (Å²) in [6.45, 7) is 8.11. The molecule has 156 valence electrons. The van der Waals surface area contributed by atoms with E-state index >= 15 is 0 Å². The minimum Gasteiger partial charge on any atom is -0.356 e. The number of halogens is 2. The lowest BCUT2D eigenvalue weighted by molar-refractivity contribution is -0.124. The fourth-order valence-corrected chi connectivity index (χ4v) is 3.43. The molecular weight excluding hydrogens is 381 g/mol. The zero-order chi connectivity index (χ0) is 18.1. The fraction of sp³-hybridized carbons (Fsp3) is 0.667. The van der Waals surface area contributed by atoms with Crippen LogP contribution in [0.2, 0.25) is 0 Å². The van der Waals surface area contributed by atoms with E-state index in [-0.39, 0.29) is 42.7 Å². The van der Waals surface area contributed by atoms with Crippen LogP contribution in [0.5, 0.6) is 0 Å². The number of hydrogen-bond donors (Lipinski definition) is 2. The SMILES string of the molecule is CC(N)C(C)C(=O)NCCCCN1CCC(Cc2ccccc2)CC1.Cl.Cl. The van der Waals surface area contributed by atoms with Crippen LogP contribution in [-0.2, 0) is 11.2 Å². The first-order valence-corrected chi connectivity index (χ1v) is 9.86. The molecule has 0 aliphatic carbocycles. The molecule has 1 amide bonds. The minimum atomic E-state index is -0.108. The first-order chi connectivity index (χ1) is 12.1. The molecule has 0 spiro atoms. The fourth-order valence-electron chi connectivity index (χ4n) is 3.43. The van der Waals surface area contributed by atoms with E-state index in [1.807, 2.05) is 13.8 Å². The van der Waals surface area contributed by atoms with Crippen LogP contribution in [0.1, 0.15) is 45.1 Å². The number of benzene rings is 1. The van der Waals surface area contributed by atoms with Crippen molar-refractivity contribution in [2.75, 3.05) is 26.2 Å². The van der Waals surface area contributed by atoms with Crippen LogP contribution in [0.25, 0.3) is 0 Å². The molecule has 27 heavy (non-hydrogen) atoms. The quantitative estimate of drug-likeness (QED) is 0.602. The molecule has 4 nitrogen and oxygen atoms in total. The summed E-state index contributed by atoms with van der Waals surface area (Å²) in [4.78, 5) is 14.4. The Balaban J connectivity index is 0.00000338. The Labute approximate surface area is 177 Å². The van der Waals surface area contributed by atoms with Crippen molar-refractivity contribution >= 4 is 30.7 Å². The van der Waals surface area contributed by atoms with E-state index in [0.29, 0.717) is 0 Å². The van der Waals surface area contributed by atoms with E-state index < -0.39 is 0 Å². The van der Waals surface area contributed by atoms with Crippen LogP contribution in [0, 0.1) is 11.8 Å². The predicted octanol–water partition coefficient (Wildman–Crippen LogP) is 3.66. The molecule has 1 saturated heterocycles. The second kappa shape index (κ2) is 14.2.